The highest BCUT2D eigenvalue weighted by atomic mass is 16.4. The summed E-state index contributed by atoms with van der Waals surface area (Å²) in [5.74, 6) is 2.91. The third-order valence-corrected chi connectivity index (χ3v) is 2.21. The van der Waals surface area contributed by atoms with Crippen LogP contribution in [-0.2, 0) is 6.42 Å². The summed E-state index contributed by atoms with van der Waals surface area (Å²) >= 11 is 0. The molecule has 0 N–H and O–H groups in total. The van der Waals surface area contributed by atoms with E-state index in [1.54, 1.807) is 0 Å². The van der Waals surface area contributed by atoms with Crippen LogP contribution in [0.1, 0.15) is 38.0 Å². The molecule has 0 spiro atoms. The molecule has 11 heavy (non-hydrogen) atoms. The van der Waals surface area contributed by atoms with Crippen molar-refractivity contribution >= 4 is 0 Å². The fraction of sp³-hybridized carbons (Fsp3) is 0.750. The molecule has 2 atom stereocenters. The maximum atomic E-state index is 5.40. The quantitative estimate of drug-likeness (QED) is 0.648. The third kappa shape index (κ3) is 1.15. The lowest BCUT2D eigenvalue weighted by Gasteiger charge is -1.85. The Morgan fingerprint density at radius 3 is 2.73 bits per heavy atom. The highest BCUT2D eigenvalue weighted by molar-refractivity contribution is 5.04. The molecule has 0 saturated heterocycles. The van der Waals surface area contributed by atoms with Crippen LogP contribution in [0.2, 0.25) is 0 Å². The summed E-state index contributed by atoms with van der Waals surface area (Å²) in [4.78, 5) is 0. The van der Waals surface area contributed by atoms with Gasteiger partial charge in [0.2, 0.25) is 11.8 Å². The normalized spacial score (nSPS) is 28.9. The van der Waals surface area contributed by atoms with Crippen LogP contribution in [0.4, 0.5) is 0 Å². The second-order valence-corrected chi connectivity index (χ2v) is 3.21. The van der Waals surface area contributed by atoms with Crippen LogP contribution >= 0.6 is 0 Å². The van der Waals surface area contributed by atoms with Crippen LogP contribution in [0, 0.1) is 5.92 Å². The minimum absolute atomic E-state index is 0.558. The van der Waals surface area contributed by atoms with Crippen LogP contribution in [0.25, 0.3) is 0 Å². The van der Waals surface area contributed by atoms with Gasteiger partial charge in [-0.1, -0.05) is 13.8 Å². The van der Waals surface area contributed by atoms with E-state index in [-0.39, 0.29) is 0 Å². The molecule has 3 nitrogen and oxygen atoms in total. The Bertz CT molecular complexity index is 256. The highest BCUT2D eigenvalue weighted by Crippen LogP contribution is 2.46. The van der Waals surface area contributed by atoms with E-state index < -0.39 is 0 Å². The van der Waals surface area contributed by atoms with Crippen molar-refractivity contribution in [1.82, 2.24) is 10.2 Å². The molecule has 0 aromatic carbocycles. The Labute approximate surface area is 65.8 Å². The largest absolute Gasteiger partial charge is 0.425 e. The SMILES string of the molecule is CCc1nnc(C2CC2C)o1. The fourth-order valence-electron chi connectivity index (χ4n) is 1.23. The van der Waals surface area contributed by atoms with Crippen molar-refractivity contribution in [2.24, 2.45) is 5.92 Å². The minimum atomic E-state index is 0.558. The Kier molecular flexibility index (Phi) is 1.44. The van der Waals surface area contributed by atoms with Crippen LogP contribution in [-0.4, -0.2) is 10.2 Å². The molecule has 60 valence electrons. The van der Waals surface area contributed by atoms with E-state index in [1.165, 1.54) is 6.42 Å². The smallest absolute Gasteiger partial charge is 0.219 e. The van der Waals surface area contributed by atoms with Crippen molar-refractivity contribution in [3.05, 3.63) is 11.8 Å². The van der Waals surface area contributed by atoms with E-state index in [0.717, 1.165) is 24.1 Å². The van der Waals surface area contributed by atoms with Gasteiger partial charge in [-0.05, 0) is 12.3 Å². The summed E-state index contributed by atoms with van der Waals surface area (Å²) in [6, 6.07) is 0. The zero-order valence-corrected chi connectivity index (χ0v) is 6.87. The first-order chi connectivity index (χ1) is 5.31. The Morgan fingerprint density at radius 2 is 2.27 bits per heavy atom. The zero-order chi connectivity index (χ0) is 7.84. The molecular formula is C8H12N2O. The molecule has 1 saturated carbocycles. The van der Waals surface area contributed by atoms with Crippen molar-refractivity contribution < 1.29 is 4.42 Å². The topological polar surface area (TPSA) is 38.9 Å². The van der Waals surface area contributed by atoms with Crippen molar-refractivity contribution in [3.63, 3.8) is 0 Å². The number of aromatic nitrogens is 2. The zero-order valence-electron chi connectivity index (χ0n) is 6.87. The summed E-state index contributed by atoms with van der Waals surface area (Å²) in [5, 5.41) is 7.90. The number of aryl methyl sites for hydroxylation is 1. The molecule has 1 aromatic rings. The molecule has 2 rings (SSSR count). The van der Waals surface area contributed by atoms with Gasteiger partial charge in [0.15, 0.2) is 0 Å². The van der Waals surface area contributed by atoms with Gasteiger partial charge in [0, 0.05) is 12.3 Å². The number of nitrogens with zero attached hydrogens (tertiary/aromatic N) is 2. The second-order valence-electron chi connectivity index (χ2n) is 3.21. The number of hydrogen-bond acceptors (Lipinski definition) is 3. The molecule has 3 heteroatoms. The molecule has 0 bridgehead atoms. The van der Waals surface area contributed by atoms with E-state index in [2.05, 4.69) is 17.1 Å². The minimum Gasteiger partial charge on any atom is -0.425 e. The van der Waals surface area contributed by atoms with Crippen molar-refractivity contribution in [1.29, 1.82) is 0 Å². The first-order valence-corrected chi connectivity index (χ1v) is 4.13. The van der Waals surface area contributed by atoms with Crippen molar-refractivity contribution in [2.75, 3.05) is 0 Å². The molecule has 1 aliphatic carbocycles. The van der Waals surface area contributed by atoms with Gasteiger partial charge in [0.25, 0.3) is 0 Å². The summed E-state index contributed by atoms with van der Waals surface area (Å²) in [6.45, 7) is 4.23. The van der Waals surface area contributed by atoms with Crippen LogP contribution in [0.15, 0.2) is 4.42 Å². The first kappa shape index (κ1) is 6.83. The summed E-state index contributed by atoms with van der Waals surface area (Å²) in [7, 11) is 0. The van der Waals surface area contributed by atoms with Gasteiger partial charge in [-0.3, -0.25) is 0 Å². The monoisotopic (exact) mass is 152 g/mol. The van der Waals surface area contributed by atoms with Crippen LogP contribution in [0.3, 0.4) is 0 Å². The third-order valence-electron chi connectivity index (χ3n) is 2.21. The van der Waals surface area contributed by atoms with Gasteiger partial charge in [-0.2, -0.15) is 0 Å². The second kappa shape index (κ2) is 2.32. The van der Waals surface area contributed by atoms with Crippen molar-refractivity contribution in [3.8, 4) is 0 Å². The van der Waals surface area contributed by atoms with E-state index in [4.69, 9.17) is 4.42 Å². The number of hydrogen-bond donors (Lipinski definition) is 0. The van der Waals surface area contributed by atoms with E-state index in [1.807, 2.05) is 6.92 Å². The fourth-order valence-corrected chi connectivity index (χ4v) is 1.23. The van der Waals surface area contributed by atoms with E-state index in [0.29, 0.717) is 5.92 Å². The average molecular weight is 152 g/mol. The highest BCUT2D eigenvalue weighted by Gasteiger charge is 2.38. The molecule has 1 aliphatic rings. The molecule has 1 heterocycles. The van der Waals surface area contributed by atoms with Crippen molar-refractivity contribution in [2.45, 2.75) is 32.6 Å². The Morgan fingerprint density at radius 1 is 1.55 bits per heavy atom. The van der Waals surface area contributed by atoms with Crippen LogP contribution in [0.5, 0.6) is 0 Å². The molecular weight excluding hydrogens is 140 g/mol. The Balaban J connectivity index is 2.13. The van der Waals surface area contributed by atoms with Gasteiger partial charge in [0.05, 0.1) is 0 Å². The lowest BCUT2D eigenvalue weighted by atomic mass is 10.3. The molecule has 1 aromatic heterocycles. The predicted molar refractivity (Wildman–Crippen MR) is 40.2 cm³/mol. The summed E-state index contributed by atoms with van der Waals surface area (Å²) in [6.07, 6.45) is 2.06. The average Bonchev–Trinajstić information content (AvgIpc) is 2.59. The van der Waals surface area contributed by atoms with Crippen LogP contribution < -0.4 is 0 Å². The molecule has 0 radical (unpaired) electrons. The summed E-state index contributed by atoms with van der Waals surface area (Å²) in [5.41, 5.74) is 0. The molecule has 0 amide bonds. The first-order valence-electron chi connectivity index (χ1n) is 4.13. The maximum absolute atomic E-state index is 5.40. The Hall–Kier alpha value is -0.860. The van der Waals surface area contributed by atoms with E-state index in [9.17, 15) is 0 Å². The maximum Gasteiger partial charge on any atom is 0.219 e. The summed E-state index contributed by atoms with van der Waals surface area (Å²) < 4.78 is 5.40. The van der Waals surface area contributed by atoms with E-state index >= 15 is 0 Å². The van der Waals surface area contributed by atoms with Gasteiger partial charge < -0.3 is 4.42 Å². The van der Waals surface area contributed by atoms with Gasteiger partial charge in [-0.15, -0.1) is 10.2 Å². The van der Waals surface area contributed by atoms with Gasteiger partial charge in [0.1, 0.15) is 0 Å². The lowest BCUT2D eigenvalue weighted by Crippen LogP contribution is -1.79. The molecule has 2 unspecified atom stereocenters. The predicted octanol–water partition coefficient (Wildman–Crippen LogP) is 1.76. The number of rotatable bonds is 2. The molecule has 0 aliphatic heterocycles. The standard InChI is InChI=1S/C8H12N2O/c1-3-7-9-10-8(11-7)6-4-5(6)2/h5-6H,3-4H2,1-2H3. The van der Waals surface area contributed by atoms with Gasteiger partial charge in [-0.25, -0.2) is 0 Å². The lowest BCUT2D eigenvalue weighted by molar-refractivity contribution is 0.451. The van der Waals surface area contributed by atoms with Gasteiger partial charge >= 0.3 is 0 Å². The molecule has 1 fully saturated rings.